The number of Topliss-reactive ketones (excluding diaryl/α,β-unsaturated/α-hetero) is 1. The number of carbonyl (C=O) groups excluding carboxylic acids is 3. The van der Waals surface area contributed by atoms with Crippen molar-refractivity contribution in [2.24, 2.45) is 5.41 Å². The molecule has 3 aromatic rings. The van der Waals surface area contributed by atoms with Gasteiger partial charge >= 0.3 is 5.97 Å². The van der Waals surface area contributed by atoms with Gasteiger partial charge in [0, 0.05) is 30.2 Å². The fourth-order valence-electron chi connectivity index (χ4n) is 4.24. The number of halogens is 7. The number of nitrogens with zero attached hydrogens (tertiary/aromatic N) is 1. The van der Waals surface area contributed by atoms with Crippen LogP contribution in [0.1, 0.15) is 36.7 Å². The highest BCUT2D eigenvalue weighted by atomic mass is 35.5. The van der Waals surface area contributed by atoms with E-state index in [1.165, 1.54) is 26.2 Å². The number of amides is 1. The molecule has 4 rings (SSSR count). The molecule has 1 atom stereocenters. The summed E-state index contributed by atoms with van der Waals surface area (Å²) in [7, 11) is 0. The molecule has 232 valence electrons. The number of anilines is 1. The summed E-state index contributed by atoms with van der Waals surface area (Å²) in [5, 5.41) is 5.65. The lowest BCUT2D eigenvalue weighted by Gasteiger charge is -2.40. The van der Waals surface area contributed by atoms with Crippen molar-refractivity contribution in [3.8, 4) is 0 Å². The van der Waals surface area contributed by atoms with Crippen LogP contribution in [-0.4, -0.2) is 35.3 Å². The summed E-state index contributed by atoms with van der Waals surface area (Å²) in [4.78, 5) is 40.7. The maximum absolute atomic E-state index is 14.4. The number of ether oxygens (including phenoxy) is 1. The van der Waals surface area contributed by atoms with Crippen molar-refractivity contribution in [1.29, 1.82) is 0 Å². The van der Waals surface area contributed by atoms with Gasteiger partial charge in [-0.05, 0) is 38.5 Å². The van der Waals surface area contributed by atoms with Gasteiger partial charge in [-0.25, -0.2) is 26.7 Å². The van der Waals surface area contributed by atoms with Crippen LogP contribution in [0.4, 0.5) is 27.6 Å². The molecule has 2 N–H and O–H groups in total. The zero-order valence-corrected chi connectivity index (χ0v) is 25.4. The molecule has 1 aromatic heterocycles. The van der Waals surface area contributed by atoms with E-state index >= 15 is 0 Å². The van der Waals surface area contributed by atoms with Crippen LogP contribution >= 0.6 is 35.0 Å². The maximum atomic E-state index is 14.4. The Bertz CT molecular complexity index is 1650. The Balaban J connectivity index is 1.59. The minimum atomic E-state index is -2.32. The van der Waals surface area contributed by atoms with E-state index in [9.17, 15) is 36.3 Å². The molecule has 44 heavy (non-hydrogen) atoms. The summed E-state index contributed by atoms with van der Waals surface area (Å²) >= 11 is 12.1. The molecular weight excluding hydrogens is 652 g/mol. The number of nitrogens with one attached hydrogen (secondary N) is 2. The molecule has 0 radical (unpaired) electrons. The molecule has 0 saturated carbocycles. The maximum Gasteiger partial charge on any atom is 0.328 e. The van der Waals surface area contributed by atoms with E-state index in [2.05, 4.69) is 15.6 Å². The van der Waals surface area contributed by atoms with Gasteiger partial charge in [-0.15, -0.1) is 0 Å². The highest BCUT2D eigenvalue weighted by Crippen LogP contribution is 2.49. The van der Waals surface area contributed by atoms with Gasteiger partial charge in [0.2, 0.25) is 5.82 Å². The first-order chi connectivity index (χ1) is 20.7. The van der Waals surface area contributed by atoms with E-state index in [-0.39, 0.29) is 51.0 Å². The Morgan fingerprint density at radius 1 is 0.955 bits per heavy atom. The molecule has 0 spiro atoms. The second-order valence-electron chi connectivity index (χ2n) is 9.94. The molecule has 1 heterocycles. The number of esters is 1. The third-order valence-electron chi connectivity index (χ3n) is 6.62. The molecule has 0 saturated heterocycles. The average Bonchev–Trinajstić information content (AvgIpc) is 2.98. The number of pyridine rings is 1. The number of rotatable bonds is 10. The molecule has 7 nitrogen and oxygen atoms in total. The number of thioether (sulfide) groups is 1. The zero-order valence-electron chi connectivity index (χ0n) is 23.1. The first kappa shape index (κ1) is 33.2. The molecule has 1 aliphatic rings. The van der Waals surface area contributed by atoms with Crippen molar-refractivity contribution in [3.05, 3.63) is 97.5 Å². The molecule has 0 fully saturated rings. The lowest BCUT2D eigenvalue weighted by atomic mass is 9.74. The van der Waals surface area contributed by atoms with Crippen LogP contribution in [0, 0.1) is 34.5 Å². The molecule has 0 aliphatic heterocycles. The number of hydrogen-bond donors (Lipinski definition) is 2. The summed E-state index contributed by atoms with van der Waals surface area (Å²) in [5.74, 6) is -12.7. The van der Waals surface area contributed by atoms with Crippen LogP contribution in [0.15, 0.2) is 52.2 Å². The normalized spacial score (nSPS) is 14.6. The Morgan fingerprint density at radius 3 is 2.05 bits per heavy atom. The van der Waals surface area contributed by atoms with E-state index in [4.69, 9.17) is 27.9 Å². The highest BCUT2D eigenvalue weighted by Gasteiger charge is 2.49. The van der Waals surface area contributed by atoms with E-state index < -0.39 is 63.1 Å². The van der Waals surface area contributed by atoms with Crippen LogP contribution < -0.4 is 10.6 Å². The first-order valence-electron chi connectivity index (χ1n) is 12.8. The monoisotopic (exact) mass is 673 g/mol. The predicted molar refractivity (Wildman–Crippen MR) is 154 cm³/mol. The van der Waals surface area contributed by atoms with E-state index in [0.717, 1.165) is 0 Å². The van der Waals surface area contributed by atoms with Gasteiger partial charge in [0.25, 0.3) is 5.91 Å². The SMILES string of the molecule is CCOC(=O)[C@H](Cc1ccc(NC(=O)c2c(Cl)cncc2Cl)cc1)NC1=C(Sc2c(F)c(F)c(F)c(F)c2F)C(=O)C1(C)C. The van der Waals surface area contributed by atoms with Crippen LogP contribution in [0.2, 0.25) is 10.0 Å². The number of benzene rings is 2. The Hall–Kier alpha value is -3.68. The summed E-state index contributed by atoms with van der Waals surface area (Å²) in [6.07, 6.45) is 2.53. The fourth-order valence-corrected chi connectivity index (χ4v) is 6.11. The lowest BCUT2D eigenvalue weighted by molar-refractivity contribution is -0.145. The smallest absolute Gasteiger partial charge is 0.328 e. The van der Waals surface area contributed by atoms with Crippen molar-refractivity contribution >= 4 is 58.3 Å². The molecule has 0 bridgehead atoms. The standard InChI is InChI=1S/C29H22Cl2F5N3O4S/c1-4-43-28(42)16(9-12-5-7-13(8-6-12)38-27(41)17-14(30)10-37-11-15(17)31)39-25-24(26(40)29(25,2)3)44-23-21(35)19(33)18(32)20(34)22(23)36/h5-8,10-11,16,39H,4,9H2,1-3H3,(H,38,41)/t16-/m0/s1. The topological polar surface area (TPSA) is 97.4 Å². The number of carbonyl (C=O) groups is 3. The van der Waals surface area contributed by atoms with Gasteiger partial charge in [0.15, 0.2) is 29.1 Å². The van der Waals surface area contributed by atoms with Crippen molar-refractivity contribution < 1.29 is 41.1 Å². The largest absolute Gasteiger partial charge is 0.464 e. The average molecular weight is 674 g/mol. The third-order valence-corrected chi connectivity index (χ3v) is 8.35. The quantitative estimate of drug-likeness (QED) is 0.103. The van der Waals surface area contributed by atoms with Gasteiger partial charge in [-0.2, -0.15) is 0 Å². The molecule has 1 amide bonds. The molecular formula is C29H22Cl2F5N3O4S. The minimum absolute atomic E-state index is 0.00957. The van der Waals surface area contributed by atoms with Crippen LogP contribution in [-0.2, 0) is 20.7 Å². The van der Waals surface area contributed by atoms with Crippen LogP contribution in [0.3, 0.4) is 0 Å². The van der Waals surface area contributed by atoms with Gasteiger partial charge in [-0.1, -0.05) is 47.1 Å². The number of aromatic nitrogens is 1. The van der Waals surface area contributed by atoms with Crippen molar-refractivity contribution in [2.45, 2.75) is 38.1 Å². The number of hydrogen-bond acceptors (Lipinski definition) is 7. The Morgan fingerprint density at radius 2 is 1.50 bits per heavy atom. The summed E-state index contributed by atoms with van der Waals surface area (Å²) in [6.45, 7) is 4.53. The lowest BCUT2D eigenvalue weighted by Crippen LogP contribution is -2.50. The van der Waals surface area contributed by atoms with Gasteiger partial charge in [0.1, 0.15) is 6.04 Å². The van der Waals surface area contributed by atoms with Crippen molar-refractivity contribution in [2.75, 3.05) is 11.9 Å². The Kier molecular flexibility index (Phi) is 9.91. The predicted octanol–water partition coefficient (Wildman–Crippen LogP) is 7.01. The molecule has 2 aromatic carbocycles. The summed E-state index contributed by atoms with van der Waals surface area (Å²) in [5.41, 5.74) is -0.236. The van der Waals surface area contributed by atoms with Crippen molar-refractivity contribution in [1.82, 2.24) is 10.3 Å². The zero-order chi connectivity index (χ0) is 32.5. The highest BCUT2D eigenvalue weighted by molar-refractivity contribution is 8.04. The minimum Gasteiger partial charge on any atom is -0.464 e. The van der Waals surface area contributed by atoms with Gasteiger partial charge < -0.3 is 15.4 Å². The summed E-state index contributed by atoms with van der Waals surface area (Å²) in [6, 6.07) is 5.20. The Labute approximate surface area is 262 Å². The van der Waals surface area contributed by atoms with Crippen molar-refractivity contribution in [3.63, 3.8) is 0 Å². The van der Waals surface area contributed by atoms with Crippen LogP contribution in [0.5, 0.6) is 0 Å². The fraction of sp³-hybridized carbons (Fsp3) is 0.241. The number of ketones is 1. The first-order valence-corrected chi connectivity index (χ1v) is 14.4. The van der Waals surface area contributed by atoms with E-state index in [1.807, 2.05) is 0 Å². The van der Waals surface area contributed by atoms with Crippen LogP contribution in [0.25, 0.3) is 0 Å². The second kappa shape index (κ2) is 13.1. The van der Waals surface area contributed by atoms with Gasteiger partial charge in [0.05, 0.1) is 37.4 Å². The van der Waals surface area contributed by atoms with E-state index in [1.54, 1.807) is 31.2 Å². The molecule has 15 heteroatoms. The third kappa shape index (κ3) is 6.40. The second-order valence-corrected chi connectivity index (χ2v) is 11.8. The number of allylic oxidation sites excluding steroid dienone is 2. The van der Waals surface area contributed by atoms with E-state index in [0.29, 0.717) is 11.3 Å². The van der Waals surface area contributed by atoms with Gasteiger partial charge in [-0.3, -0.25) is 14.6 Å². The molecule has 1 aliphatic carbocycles. The molecule has 0 unspecified atom stereocenters. The summed E-state index contributed by atoms with van der Waals surface area (Å²) < 4.78 is 75.1.